The highest BCUT2D eigenvalue weighted by Gasteiger charge is 2.28. The predicted molar refractivity (Wildman–Crippen MR) is 42.2 cm³/mol. The second kappa shape index (κ2) is 3.83. The van der Waals surface area contributed by atoms with Crippen LogP contribution in [0.2, 0.25) is 0 Å². The molecule has 1 aliphatic heterocycles. The summed E-state index contributed by atoms with van der Waals surface area (Å²) in [4.78, 5) is 11.1. The van der Waals surface area contributed by atoms with E-state index in [1.165, 1.54) is 0 Å². The normalized spacial score (nSPS) is 30.7. The first-order valence-electron chi connectivity index (χ1n) is 4.16. The largest absolute Gasteiger partial charge is 0.366 e. The van der Waals surface area contributed by atoms with Crippen molar-refractivity contribution in [3.05, 3.63) is 0 Å². The third-order valence-electron chi connectivity index (χ3n) is 2.08. The van der Waals surface area contributed by atoms with E-state index in [1.54, 1.807) is 0 Å². The average Bonchev–Trinajstić information content (AvgIpc) is 2.50. The summed E-state index contributed by atoms with van der Waals surface area (Å²) in [7, 11) is 0. The summed E-state index contributed by atoms with van der Waals surface area (Å²) in [5.41, 5.74) is 5.40. The van der Waals surface area contributed by atoms with Gasteiger partial charge in [-0.3, -0.25) is 4.79 Å². The van der Waals surface area contributed by atoms with Crippen LogP contribution in [0.15, 0.2) is 0 Å². The van der Waals surface area contributed by atoms with Crippen LogP contribution in [-0.2, 0) is 9.53 Å². The van der Waals surface area contributed by atoms with E-state index in [1.807, 2.05) is 6.92 Å². The Bertz CT molecular complexity index is 147. The summed E-state index contributed by atoms with van der Waals surface area (Å²) in [6.45, 7) is 2.40. The van der Waals surface area contributed by atoms with Gasteiger partial charge in [0, 0.05) is 13.0 Å². The van der Waals surface area contributed by atoms with Crippen molar-refractivity contribution in [3.63, 3.8) is 0 Å². The Kier molecular flexibility index (Phi) is 3.02. The number of ketones is 1. The molecule has 0 bridgehead atoms. The molecule has 2 unspecified atom stereocenters. The molecule has 0 aromatic heterocycles. The molecule has 0 saturated carbocycles. The number of Topliss-reactive ketones (excluding diaryl/α,β-unsaturated/α-hetero) is 1. The molecule has 64 valence electrons. The van der Waals surface area contributed by atoms with E-state index in [0.29, 0.717) is 13.0 Å². The van der Waals surface area contributed by atoms with Gasteiger partial charge in [-0.05, 0) is 12.8 Å². The van der Waals surface area contributed by atoms with Crippen LogP contribution in [0.1, 0.15) is 26.2 Å². The van der Waals surface area contributed by atoms with Crippen molar-refractivity contribution in [2.24, 2.45) is 5.73 Å². The van der Waals surface area contributed by atoms with E-state index >= 15 is 0 Å². The number of hydrogen-bond acceptors (Lipinski definition) is 3. The fraction of sp³-hybridized carbons (Fsp3) is 0.875. The van der Waals surface area contributed by atoms with Crippen molar-refractivity contribution in [3.8, 4) is 0 Å². The van der Waals surface area contributed by atoms with Crippen molar-refractivity contribution >= 4 is 5.78 Å². The first-order chi connectivity index (χ1) is 5.27. The molecule has 0 aliphatic carbocycles. The smallest absolute Gasteiger partial charge is 0.161 e. The molecule has 0 aromatic rings. The topological polar surface area (TPSA) is 52.3 Å². The molecule has 3 nitrogen and oxygen atoms in total. The van der Waals surface area contributed by atoms with Gasteiger partial charge in [-0.15, -0.1) is 0 Å². The second-order valence-corrected chi connectivity index (χ2v) is 2.88. The average molecular weight is 157 g/mol. The zero-order valence-corrected chi connectivity index (χ0v) is 6.88. The van der Waals surface area contributed by atoms with E-state index in [9.17, 15) is 4.79 Å². The number of ether oxygens (including phenoxy) is 1. The van der Waals surface area contributed by atoms with E-state index in [-0.39, 0.29) is 18.0 Å². The van der Waals surface area contributed by atoms with Gasteiger partial charge in [0.25, 0.3) is 0 Å². The molecule has 1 heterocycles. The molecule has 1 saturated heterocycles. The predicted octanol–water partition coefficient (Wildman–Crippen LogP) is 0.472. The van der Waals surface area contributed by atoms with Gasteiger partial charge in [0.15, 0.2) is 5.78 Å². The molecule has 3 heteroatoms. The maximum atomic E-state index is 11.1. The van der Waals surface area contributed by atoms with Crippen molar-refractivity contribution in [1.82, 2.24) is 0 Å². The Morgan fingerprint density at radius 3 is 2.82 bits per heavy atom. The van der Waals surface area contributed by atoms with Gasteiger partial charge in [-0.25, -0.2) is 0 Å². The van der Waals surface area contributed by atoms with Crippen molar-refractivity contribution in [1.29, 1.82) is 0 Å². The lowest BCUT2D eigenvalue weighted by Crippen LogP contribution is -2.24. The molecule has 0 radical (unpaired) electrons. The van der Waals surface area contributed by atoms with Gasteiger partial charge < -0.3 is 10.5 Å². The van der Waals surface area contributed by atoms with Crippen LogP contribution in [-0.4, -0.2) is 24.5 Å². The summed E-state index contributed by atoms with van der Waals surface area (Å²) in [5.74, 6) is 0.209. The Morgan fingerprint density at radius 2 is 2.36 bits per heavy atom. The van der Waals surface area contributed by atoms with Gasteiger partial charge in [-0.2, -0.15) is 0 Å². The number of carbonyl (C=O) groups excluding carboxylic acids is 1. The van der Waals surface area contributed by atoms with Crippen LogP contribution in [0, 0.1) is 0 Å². The Hall–Kier alpha value is -0.410. The van der Waals surface area contributed by atoms with Crippen molar-refractivity contribution < 1.29 is 9.53 Å². The van der Waals surface area contributed by atoms with Crippen LogP contribution >= 0.6 is 0 Å². The molecule has 1 rings (SSSR count). The molecule has 2 atom stereocenters. The van der Waals surface area contributed by atoms with Crippen LogP contribution < -0.4 is 5.73 Å². The van der Waals surface area contributed by atoms with Gasteiger partial charge in [0.05, 0.1) is 6.10 Å². The molecule has 1 fully saturated rings. The number of carbonyl (C=O) groups is 1. The van der Waals surface area contributed by atoms with E-state index < -0.39 is 0 Å². The van der Waals surface area contributed by atoms with E-state index in [0.717, 1.165) is 12.8 Å². The lowest BCUT2D eigenvalue weighted by molar-refractivity contribution is -0.129. The number of nitrogens with two attached hydrogens (primary N) is 1. The standard InChI is InChI=1S/C8H15NO2/c1-2-7(10)8-4-3-6(5-9)11-8/h6,8H,2-5,9H2,1H3. The fourth-order valence-electron chi connectivity index (χ4n) is 1.34. The van der Waals surface area contributed by atoms with Crippen LogP contribution in [0.25, 0.3) is 0 Å². The minimum Gasteiger partial charge on any atom is -0.366 e. The summed E-state index contributed by atoms with van der Waals surface area (Å²) in [6, 6.07) is 0. The second-order valence-electron chi connectivity index (χ2n) is 2.88. The molecule has 0 spiro atoms. The zero-order chi connectivity index (χ0) is 8.27. The van der Waals surface area contributed by atoms with Gasteiger partial charge >= 0.3 is 0 Å². The zero-order valence-electron chi connectivity index (χ0n) is 6.88. The van der Waals surface area contributed by atoms with E-state index in [4.69, 9.17) is 10.5 Å². The highest BCUT2D eigenvalue weighted by molar-refractivity contribution is 5.82. The van der Waals surface area contributed by atoms with Gasteiger partial charge in [-0.1, -0.05) is 6.92 Å². The monoisotopic (exact) mass is 157 g/mol. The Balaban J connectivity index is 2.35. The quantitative estimate of drug-likeness (QED) is 0.648. The maximum Gasteiger partial charge on any atom is 0.161 e. The van der Waals surface area contributed by atoms with Crippen LogP contribution in [0.3, 0.4) is 0 Å². The molecule has 11 heavy (non-hydrogen) atoms. The van der Waals surface area contributed by atoms with E-state index in [2.05, 4.69) is 0 Å². The summed E-state index contributed by atoms with van der Waals surface area (Å²) >= 11 is 0. The lowest BCUT2D eigenvalue weighted by Gasteiger charge is -2.09. The molecular weight excluding hydrogens is 142 g/mol. The highest BCUT2D eigenvalue weighted by Crippen LogP contribution is 2.20. The fourth-order valence-corrected chi connectivity index (χ4v) is 1.34. The highest BCUT2D eigenvalue weighted by atomic mass is 16.5. The molecule has 1 aliphatic rings. The third kappa shape index (κ3) is 2.01. The summed E-state index contributed by atoms with van der Waals surface area (Å²) in [5, 5.41) is 0. The summed E-state index contributed by atoms with van der Waals surface area (Å²) < 4.78 is 5.39. The lowest BCUT2D eigenvalue weighted by atomic mass is 10.1. The molecular formula is C8H15NO2. The first kappa shape index (κ1) is 8.68. The molecule has 0 amide bonds. The van der Waals surface area contributed by atoms with Crippen LogP contribution in [0.4, 0.5) is 0 Å². The Labute approximate surface area is 66.9 Å². The summed E-state index contributed by atoms with van der Waals surface area (Å²) in [6.07, 6.45) is 2.33. The van der Waals surface area contributed by atoms with Crippen LogP contribution in [0.5, 0.6) is 0 Å². The van der Waals surface area contributed by atoms with Gasteiger partial charge in [0.1, 0.15) is 6.10 Å². The minimum absolute atomic E-state index is 0.121. The Morgan fingerprint density at radius 1 is 1.64 bits per heavy atom. The van der Waals surface area contributed by atoms with Crippen molar-refractivity contribution in [2.45, 2.75) is 38.4 Å². The SMILES string of the molecule is CCC(=O)C1CCC(CN)O1. The first-order valence-corrected chi connectivity index (χ1v) is 4.16. The molecule has 0 aromatic carbocycles. The number of rotatable bonds is 3. The van der Waals surface area contributed by atoms with Crippen molar-refractivity contribution in [2.75, 3.05) is 6.54 Å². The van der Waals surface area contributed by atoms with Gasteiger partial charge in [0.2, 0.25) is 0 Å². The minimum atomic E-state index is -0.159. The maximum absolute atomic E-state index is 11.1. The third-order valence-corrected chi connectivity index (χ3v) is 2.08. The molecule has 2 N–H and O–H groups in total. The number of hydrogen-bond donors (Lipinski definition) is 1.